The molecule has 1 aromatic carbocycles. The van der Waals surface area contributed by atoms with Crippen LogP contribution in [0.1, 0.15) is 118 Å². The minimum Gasteiger partial charge on any atom is -0.611 e. The lowest BCUT2D eigenvalue weighted by Gasteiger charge is -2.51. The summed E-state index contributed by atoms with van der Waals surface area (Å²) in [6.45, 7) is 17.3. The van der Waals surface area contributed by atoms with E-state index in [1.54, 1.807) is 47.7 Å². The van der Waals surface area contributed by atoms with Crippen LogP contribution in [0.4, 0.5) is 17.6 Å². The average Bonchev–Trinajstić information content (AvgIpc) is 3.82. The molecule has 1 aromatic heterocycles. The predicted molar refractivity (Wildman–Crippen MR) is 274 cm³/mol. The van der Waals surface area contributed by atoms with Gasteiger partial charge in [-0.3, -0.25) is 4.79 Å². The highest BCUT2D eigenvalue weighted by Gasteiger charge is 2.55. The molecule has 2 aromatic rings. The standard InChI is InChI=1S/C53H87F4N5O13S/c1-15-41-52(10,68)45(64)33(6)61(12)26-29(2)23-50(8,67)47(31(4)42(32(5)48(66)74-41)40-24-51(9,71-14)46(65)34(7)73-40)75-49-43(63)38(22-30(3)72-49)60(11)21-20-36-27-62(59-58-36)39(25-54)44(70-13)35-16-18-37(19-17-35)76(69)28-53(55,56)57/h16-19,27,29-34,38-47,49,63-65,67-68H,15,20-26,28H2,1-14H3/t29-,30-,31+,32-,33-,34+,38+,39-,40?,41-,42+,43-,44-,45-,46+,47-,49+,50-,51-,52-,76?/m1/s1. The maximum atomic E-state index is 14.8. The maximum absolute atomic E-state index is 14.8. The second kappa shape index (κ2) is 26.3. The number of rotatable bonds is 16. The zero-order valence-corrected chi connectivity index (χ0v) is 47.5. The number of hydrogen-bond acceptors (Lipinski definition) is 17. The molecule has 0 saturated carbocycles. The largest absolute Gasteiger partial charge is 0.611 e. The number of esters is 1. The van der Waals surface area contributed by atoms with Gasteiger partial charge >= 0.3 is 12.1 Å². The molecule has 21 atom stereocenters. The Bertz CT molecular complexity index is 2130. The number of aliphatic hydroxyl groups is 5. The van der Waals surface area contributed by atoms with E-state index >= 15 is 0 Å². The van der Waals surface area contributed by atoms with Crippen molar-refractivity contribution in [2.45, 2.75) is 209 Å². The number of carbonyl (C=O) groups is 1. The highest BCUT2D eigenvalue weighted by Crippen LogP contribution is 2.45. The van der Waals surface area contributed by atoms with Crippen molar-refractivity contribution in [2.75, 3.05) is 53.8 Å². The Morgan fingerprint density at radius 3 is 2.22 bits per heavy atom. The minimum atomic E-state index is -4.61. The summed E-state index contributed by atoms with van der Waals surface area (Å²) in [6.07, 6.45) is -11.9. The van der Waals surface area contributed by atoms with Gasteiger partial charge in [0.25, 0.3) is 0 Å². The molecule has 0 bridgehead atoms. The van der Waals surface area contributed by atoms with Crippen LogP contribution < -0.4 is 0 Å². The number of ether oxygens (including phenoxy) is 6. The molecule has 3 saturated heterocycles. The van der Waals surface area contributed by atoms with Crippen LogP contribution in [0, 0.1) is 23.7 Å². The van der Waals surface area contributed by atoms with Gasteiger partial charge in [0.05, 0.1) is 47.2 Å². The van der Waals surface area contributed by atoms with Crippen molar-refractivity contribution in [1.82, 2.24) is 24.8 Å². The van der Waals surface area contributed by atoms with Crippen molar-refractivity contribution >= 4 is 17.1 Å². The molecule has 3 fully saturated rings. The lowest BCUT2D eigenvalue weighted by Crippen LogP contribution is -2.62. The Labute approximate surface area is 449 Å². The average molecular weight is 1110 g/mol. The molecule has 5 rings (SSSR count). The molecule has 2 unspecified atom stereocenters. The molecule has 0 spiro atoms. The number of cyclic esters (lactones) is 1. The van der Waals surface area contributed by atoms with Crippen LogP contribution >= 0.6 is 0 Å². The zero-order valence-electron chi connectivity index (χ0n) is 46.7. The number of aliphatic hydroxyl groups excluding tert-OH is 3. The van der Waals surface area contributed by atoms with Gasteiger partial charge in [-0.15, -0.1) is 5.10 Å². The van der Waals surface area contributed by atoms with Gasteiger partial charge in [0.15, 0.2) is 11.2 Å². The molecule has 18 nitrogen and oxygen atoms in total. The summed E-state index contributed by atoms with van der Waals surface area (Å²) in [5.74, 6) is -4.94. The second-order valence-electron chi connectivity index (χ2n) is 22.8. The first-order valence-electron chi connectivity index (χ1n) is 26.5. The second-order valence-corrected chi connectivity index (χ2v) is 24.2. The van der Waals surface area contributed by atoms with Gasteiger partial charge in [0, 0.05) is 64.3 Å². The lowest BCUT2D eigenvalue weighted by atomic mass is 9.68. The van der Waals surface area contributed by atoms with E-state index in [-0.39, 0.29) is 30.1 Å². The summed E-state index contributed by atoms with van der Waals surface area (Å²) in [6, 6.07) is 3.32. The van der Waals surface area contributed by atoms with E-state index in [4.69, 9.17) is 28.4 Å². The highest BCUT2D eigenvalue weighted by molar-refractivity contribution is 7.91. The van der Waals surface area contributed by atoms with E-state index in [9.17, 15) is 52.4 Å². The highest BCUT2D eigenvalue weighted by atomic mass is 32.2. The first-order chi connectivity index (χ1) is 35.3. The number of benzene rings is 1. The van der Waals surface area contributed by atoms with Crippen LogP contribution in [0.25, 0.3) is 0 Å². The summed E-state index contributed by atoms with van der Waals surface area (Å²) >= 11 is -2.32. The Hall–Kier alpha value is -2.62. The topological polar surface area (TPSA) is 234 Å². The van der Waals surface area contributed by atoms with Crippen molar-refractivity contribution in [1.29, 1.82) is 0 Å². The van der Waals surface area contributed by atoms with Crippen LogP contribution in [-0.4, -0.2) is 205 Å². The number of likely N-dealkylation sites (N-methyl/N-ethyl adjacent to an activating group) is 2. The Morgan fingerprint density at radius 1 is 1.00 bits per heavy atom. The normalized spacial score (nSPS) is 39.2. The van der Waals surface area contributed by atoms with Crippen LogP contribution in [0.3, 0.4) is 0 Å². The maximum Gasteiger partial charge on any atom is 0.433 e. The van der Waals surface area contributed by atoms with Gasteiger partial charge in [-0.05, 0) is 116 Å². The third-order valence-electron chi connectivity index (χ3n) is 16.6. The number of alkyl halides is 4. The van der Waals surface area contributed by atoms with E-state index < -0.39 is 150 Å². The van der Waals surface area contributed by atoms with E-state index in [1.807, 2.05) is 44.7 Å². The lowest BCUT2D eigenvalue weighted by molar-refractivity contribution is -0.302. The summed E-state index contributed by atoms with van der Waals surface area (Å²) in [5.41, 5.74) is -3.70. The minimum absolute atomic E-state index is 0.0305. The first-order valence-corrected chi connectivity index (χ1v) is 27.8. The Morgan fingerprint density at radius 2 is 1.64 bits per heavy atom. The molecule has 436 valence electrons. The molecular formula is C53H87F4N5O13S. The molecule has 0 aliphatic carbocycles. The van der Waals surface area contributed by atoms with Gasteiger partial charge < -0.3 is 68.3 Å². The van der Waals surface area contributed by atoms with Gasteiger partial charge in [-0.25, -0.2) is 9.07 Å². The number of aromatic nitrogens is 3. The molecule has 23 heteroatoms. The van der Waals surface area contributed by atoms with Crippen molar-refractivity contribution < 1.29 is 80.9 Å². The molecule has 3 aliphatic heterocycles. The summed E-state index contributed by atoms with van der Waals surface area (Å²) in [4.78, 5) is 18.4. The zero-order chi connectivity index (χ0) is 57.0. The van der Waals surface area contributed by atoms with Gasteiger partial charge in [0.1, 0.15) is 48.8 Å². The molecule has 3 aliphatic rings. The first kappa shape index (κ1) is 64.2. The van der Waals surface area contributed by atoms with Crippen LogP contribution in [-0.2, 0) is 50.8 Å². The van der Waals surface area contributed by atoms with E-state index in [0.29, 0.717) is 37.2 Å². The quantitative estimate of drug-likeness (QED) is 0.0850. The third-order valence-corrected chi connectivity index (χ3v) is 18.0. The molecule has 76 heavy (non-hydrogen) atoms. The molecule has 0 radical (unpaired) electrons. The number of methoxy groups -OCH3 is 2. The number of nitrogens with zero attached hydrogens (tertiary/aromatic N) is 5. The predicted octanol–water partition coefficient (Wildman–Crippen LogP) is 4.95. The van der Waals surface area contributed by atoms with Crippen molar-refractivity contribution in [3.05, 3.63) is 41.7 Å². The van der Waals surface area contributed by atoms with E-state index in [1.165, 1.54) is 50.1 Å². The van der Waals surface area contributed by atoms with E-state index in [2.05, 4.69) is 10.3 Å². The third kappa shape index (κ3) is 15.0. The fraction of sp³-hybridized carbons (Fsp3) is 0.830. The number of carbonyl (C=O) groups excluding carboxylic acids is 1. The number of halogens is 4. The number of hydrogen-bond donors (Lipinski definition) is 5. The van der Waals surface area contributed by atoms with Crippen molar-refractivity contribution in [3.8, 4) is 0 Å². The fourth-order valence-electron chi connectivity index (χ4n) is 12.1. The van der Waals surface area contributed by atoms with Crippen LogP contribution in [0.15, 0.2) is 35.4 Å². The van der Waals surface area contributed by atoms with Crippen molar-refractivity contribution in [3.63, 3.8) is 0 Å². The molecular weight excluding hydrogens is 1020 g/mol. The van der Waals surface area contributed by atoms with Crippen LogP contribution in [0.5, 0.6) is 0 Å². The smallest absolute Gasteiger partial charge is 0.433 e. The monoisotopic (exact) mass is 1110 g/mol. The van der Waals surface area contributed by atoms with Gasteiger partial charge in [0.2, 0.25) is 5.75 Å². The van der Waals surface area contributed by atoms with Gasteiger partial charge in [-0.2, -0.15) is 13.2 Å². The Kier molecular flexibility index (Phi) is 22.2. The van der Waals surface area contributed by atoms with Crippen molar-refractivity contribution in [2.24, 2.45) is 23.7 Å². The summed E-state index contributed by atoms with van der Waals surface area (Å²) in [5, 5.41) is 68.6. The molecule has 5 N–H and O–H groups in total. The van der Waals surface area contributed by atoms with Crippen LogP contribution in [0.2, 0.25) is 0 Å². The van der Waals surface area contributed by atoms with E-state index in [0.717, 1.165) is 0 Å². The Balaban J connectivity index is 1.43. The summed E-state index contributed by atoms with van der Waals surface area (Å²) in [7, 11) is 6.51. The fourth-order valence-corrected chi connectivity index (χ4v) is 13.0. The summed E-state index contributed by atoms with van der Waals surface area (Å²) < 4.78 is 105. The molecule has 4 heterocycles. The molecule has 0 amide bonds. The SMILES string of the molecule is CC[C@H]1OC(=O)[C@H](C)[C@@H](C2C[C@@](C)(OC)[C@@H](O)[C@H](C)O2)[C@H](C)[C@@H](O[C@@H]2O[C@H](C)C[C@H](N(C)CCc3cn([C@H](CF)[C@H](OC)c4ccc([S+]([O-])CC(F)(F)F)cc4)nn3)[C@H]2O)[C@](C)(O)C[C@@H](C)CN(C)[C@H](C)[C@@H](O)[C@]1(C)O. The van der Waals surface area contributed by atoms with Gasteiger partial charge in [-0.1, -0.05) is 45.0 Å².